The summed E-state index contributed by atoms with van der Waals surface area (Å²) in [6.45, 7) is 18.5. The quantitative estimate of drug-likeness (QED) is 0.620. The lowest BCUT2D eigenvalue weighted by molar-refractivity contribution is -0.0121. The summed E-state index contributed by atoms with van der Waals surface area (Å²) >= 11 is 6.45. The smallest absolute Gasteiger partial charge is 0.231 e. The van der Waals surface area contributed by atoms with E-state index in [0.29, 0.717) is 24.0 Å². The van der Waals surface area contributed by atoms with Crippen molar-refractivity contribution in [2.45, 2.75) is 115 Å². The third kappa shape index (κ3) is 5.10. The molecule has 3 rings (SSSR count). The Morgan fingerprint density at radius 2 is 0.909 bits per heavy atom. The maximum absolute atomic E-state index is 6.45. The van der Waals surface area contributed by atoms with E-state index in [4.69, 9.17) is 16.6 Å². The molecule has 8 heteroatoms. The molecular formula is C25H46ClN7. The van der Waals surface area contributed by atoms with Crippen molar-refractivity contribution in [3.05, 3.63) is 5.28 Å². The third-order valence-electron chi connectivity index (χ3n) is 8.88. The highest BCUT2D eigenvalue weighted by atomic mass is 35.5. The fourth-order valence-electron chi connectivity index (χ4n) is 6.16. The van der Waals surface area contributed by atoms with Gasteiger partial charge in [-0.15, -0.1) is 0 Å². The zero-order valence-electron chi connectivity index (χ0n) is 23.0. The molecule has 188 valence electrons. The van der Waals surface area contributed by atoms with Gasteiger partial charge in [-0.25, -0.2) is 0 Å². The van der Waals surface area contributed by atoms with Crippen LogP contribution in [0.2, 0.25) is 5.28 Å². The van der Waals surface area contributed by atoms with Crippen LogP contribution in [0.3, 0.4) is 0 Å². The van der Waals surface area contributed by atoms with E-state index in [0.717, 1.165) is 25.7 Å². The average Bonchev–Trinajstić information content (AvgIpc) is 2.67. The van der Waals surface area contributed by atoms with Crippen LogP contribution in [0.15, 0.2) is 0 Å². The highest BCUT2D eigenvalue weighted by Gasteiger charge is 2.46. The summed E-state index contributed by atoms with van der Waals surface area (Å²) in [5, 5.41) is 0.256. The van der Waals surface area contributed by atoms with Gasteiger partial charge in [0, 0.05) is 48.3 Å². The molecule has 0 spiro atoms. The Balaban J connectivity index is 1.88. The molecule has 0 unspecified atom stereocenters. The molecule has 0 atom stereocenters. The molecule has 7 nitrogen and oxygen atoms in total. The van der Waals surface area contributed by atoms with Crippen LogP contribution in [-0.4, -0.2) is 87.2 Å². The molecule has 2 aliphatic rings. The summed E-state index contributed by atoms with van der Waals surface area (Å²) in [6, 6.07) is 0.646. The fraction of sp³-hybridized carbons (Fsp3) is 0.880. The van der Waals surface area contributed by atoms with Gasteiger partial charge >= 0.3 is 0 Å². The van der Waals surface area contributed by atoms with E-state index < -0.39 is 0 Å². The van der Waals surface area contributed by atoms with Gasteiger partial charge in [-0.3, -0.25) is 9.80 Å². The molecule has 0 radical (unpaired) electrons. The van der Waals surface area contributed by atoms with Gasteiger partial charge in [0.1, 0.15) is 0 Å². The molecule has 1 aromatic rings. The summed E-state index contributed by atoms with van der Waals surface area (Å²) in [5.74, 6) is 1.31. The molecule has 2 fully saturated rings. The molecular weight excluding hydrogens is 434 g/mol. The van der Waals surface area contributed by atoms with Crippen molar-refractivity contribution in [3.8, 4) is 0 Å². The fourth-order valence-corrected chi connectivity index (χ4v) is 6.31. The second-order valence-corrected chi connectivity index (χ2v) is 13.3. The van der Waals surface area contributed by atoms with Crippen LogP contribution >= 0.6 is 11.6 Å². The molecule has 1 aromatic heterocycles. The van der Waals surface area contributed by atoms with E-state index in [1.54, 1.807) is 0 Å². The third-order valence-corrected chi connectivity index (χ3v) is 9.05. The Morgan fingerprint density at radius 3 is 1.18 bits per heavy atom. The molecule has 0 N–H and O–H groups in total. The summed E-state index contributed by atoms with van der Waals surface area (Å²) in [7, 11) is 8.65. The van der Waals surface area contributed by atoms with E-state index in [1.807, 2.05) is 0 Å². The number of likely N-dealkylation sites (tertiary alicyclic amines) is 2. The zero-order valence-corrected chi connectivity index (χ0v) is 23.7. The van der Waals surface area contributed by atoms with Crippen LogP contribution in [0.5, 0.6) is 0 Å². The Bertz CT molecular complexity index is 764. The Hall–Kier alpha value is -1.18. The highest BCUT2D eigenvalue weighted by molar-refractivity contribution is 6.28. The van der Waals surface area contributed by atoms with Crippen LogP contribution in [0.4, 0.5) is 11.9 Å². The maximum atomic E-state index is 6.45. The molecule has 3 heterocycles. The predicted molar refractivity (Wildman–Crippen MR) is 140 cm³/mol. The number of anilines is 2. The van der Waals surface area contributed by atoms with Gasteiger partial charge in [-0.1, -0.05) is 0 Å². The highest BCUT2D eigenvalue weighted by Crippen LogP contribution is 2.41. The van der Waals surface area contributed by atoms with Crippen LogP contribution in [0.1, 0.15) is 81.1 Å². The molecule has 0 bridgehead atoms. The number of nitrogens with zero attached hydrogens (tertiary/aromatic N) is 7. The second kappa shape index (κ2) is 8.49. The van der Waals surface area contributed by atoms with Crippen molar-refractivity contribution >= 4 is 23.5 Å². The lowest BCUT2D eigenvalue weighted by Gasteiger charge is -2.55. The first-order valence-corrected chi connectivity index (χ1v) is 12.6. The number of rotatable bonds is 4. The Kier molecular flexibility index (Phi) is 6.80. The van der Waals surface area contributed by atoms with Gasteiger partial charge in [0.15, 0.2) is 0 Å². The summed E-state index contributed by atoms with van der Waals surface area (Å²) < 4.78 is 0. The molecule has 0 aliphatic carbocycles. The molecule has 2 aliphatic heterocycles. The van der Waals surface area contributed by atoms with Gasteiger partial charge in [0.05, 0.1) is 0 Å². The van der Waals surface area contributed by atoms with Crippen molar-refractivity contribution in [2.75, 3.05) is 38.0 Å². The standard InChI is InChI=1S/C25H46ClN7/c1-22(2)13-17(14-23(3,4)32(22)11)30(9)20-27-19(26)28-21(29-20)31(10)18-15-24(5,6)33(12)25(7,8)16-18/h17-18H,13-16H2,1-12H3. The zero-order chi connectivity index (χ0) is 25.1. The average molecular weight is 480 g/mol. The van der Waals surface area contributed by atoms with E-state index in [2.05, 4.69) is 113 Å². The van der Waals surface area contributed by atoms with Crippen LogP contribution in [0, 0.1) is 0 Å². The van der Waals surface area contributed by atoms with E-state index in [1.165, 1.54) is 0 Å². The number of piperidine rings is 2. The molecule has 0 saturated carbocycles. The molecule has 33 heavy (non-hydrogen) atoms. The van der Waals surface area contributed by atoms with Crippen molar-refractivity contribution in [1.29, 1.82) is 0 Å². The normalized spacial score (nSPS) is 25.7. The monoisotopic (exact) mass is 479 g/mol. The number of hydrogen-bond acceptors (Lipinski definition) is 7. The SMILES string of the molecule is CN(c1nc(Cl)nc(N(C)C2CC(C)(C)N(C)C(C)(C)C2)n1)C1CC(C)(C)N(C)C(C)(C)C1. The van der Waals surface area contributed by atoms with Gasteiger partial charge in [0.2, 0.25) is 17.2 Å². The minimum absolute atomic E-state index is 0.0857. The van der Waals surface area contributed by atoms with Gasteiger partial charge in [-0.2, -0.15) is 15.0 Å². The second-order valence-electron chi connectivity index (χ2n) is 12.9. The predicted octanol–water partition coefficient (Wildman–Crippen LogP) is 4.70. The van der Waals surface area contributed by atoms with Gasteiger partial charge < -0.3 is 9.80 Å². The molecule has 0 amide bonds. The maximum Gasteiger partial charge on any atom is 0.231 e. The largest absolute Gasteiger partial charge is 0.341 e. The van der Waals surface area contributed by atoms with Crippen molar-refractivity contribution < 1.29 is 0 Å². The summed E-state index contributed by atoms with van der Waals surface area (Å²) in [4.78, 5) is 23.4. The Labute approximate surface area is 206 Å². The van der Waals surface area contributed by atoms with E-state index in [9.17, 15) is 0 Å². The van der Waals surface area contributed by atoms with E-state index in [-0.39, 0.29) is 27.4 Å². The lowest BCUT2D eigenvalue weighted by atomic mass is 9.77. The van der Waals surface area contributed by atoms with E-state index >= 15 is 0 Å². The van der Waals surface area contributed by atoms with Crippen LogP contribution in [-0.2, 0) is 0 Å². The summed E-state index contributed by atoms with van der Waals surface area (Å²) in [5.41, 5.74) is 0.343. The Morgan fingerprint density at radius 1 is 0.636 bits per heavy atom. The summed E-state index contributed by atoms with van der Waals surface area (Å²) in [6.07, 6.45) is 4.15. The van der Waals surface area contributed by atoms with Crippen molar-refractivity contribution in [2.24, 2.45) is 0 Å². The molecule has 0 aromatic carbocycles. The number of hydrogen-bond donors (Lipinski definition) is 0. The lowest BCUT2D eigenvalue weighted by Crippen LogP contribution is -2.62. The minimum atomic E-state index is 0.0857. The van der Waals surface area contributed by atoms with Gasteiger partial charge in [-0.05, 0) is 107 Å². The van der Waals surface area contributed by atoms with Gasteiger partial charge in [0.25, 0.3) is 0 Å². The van der Waals surface area contributed by atoms with Crippen LogP contribution < -0.4 is 9.80 Å². The topological polar surface area (TPSA) is 51.6 Å². The first-order chi connectivity index (χ1) is 14.9. The molecule has 2 saturated heterocycles. The number of halogens is 1. The first kappa shape index (κ1) is 26.4. The first-order valence-electron chi connectivity index (χ1n) is 12.2. The van der Waals surface area contributed by atoms with Crippen LogP contribution in [0.25, 0.3) is 0 Å². The van der Waals surface area contributed by atoms with Crippen molar-refractivity contribution in [3.63, 3.8) is 0 Å². The minimum Gasteiger partial charge on any atom is -0.341 e. The van der Waals surface area contributed by atoms with Crippen molar-refractivity contribution in [1.82, 2.24) is 24.8 Å². The number of aromatic nitrogens is 3.